The topological polar surface area (TPSA) is 59.6 Å². The number of anilines is 1. The number of nitrogens with zero attached hydrogens (tertiary/aromatic N) is 2. The Bertz CT molecular complexity index is 426. The number of aromatic amines is 1. The fraction of sp³-hybridized carbons (Fsp3) is 0.833. The van der Waals surface area contributed by atoms with Crippen molar-refractivity contribution in [2.45, 2.75) is 52.5 Å². The van der Waals surface area contributed by atoms with Crippen LogP contribution in [0.15, 0.2) is 0 Å². The van der Waals surface area contributed by atoms with Crippen molar-refractivity contribution in [3.05, 3.63) is 4.77 Å². The first-order chi connectivity index (χ1) is 8.02. The minimum atomic E-state index is 0.379. The summed E-state index contributed by atoms with van der Waals surface area (Å²) in [6, 6.07) is 0. The second-order valence-corrected chi connectivity index (χ2v) is 6.16. The van der Waals surface area contributed by atoms with Crippen molar-refractivity contribution in [3.63, 3.8) is 0 Å². The predicted molar refractivity (Wildman–Crippen MR) is 72.2 cm³/mol. The van der Waals surface area contributed by atoms with Crippen LogP contribution in [0.5, 0.6) is 0 Å². The van der Waals surface area contributed by atoms with Crippen molar-refractivity contribution in [2.75, 3.05) is 5.73 Å². The average Bonchev–Trinajstić information content (AvgIpc) is 2.80. The van der Waals surface area contributed by atoms with Crippen molar-refractivity contribution in [2.24, 2.45) is 11.3 Å². The summed E-state index contributed by atoms with van der Waals surface area (Å²) in [6.45, 7) is 5.50. The molecule has 0 saturated heterocycles. The van der Waals surface area contributed by atoms with Crippen LogP contribution < -0.4 is 5.73 Å². The smallest absolute Gasteiger partial charge is 0.220 e. The van der Waals surface area contributed by atoms with Crippen LogP contribution >= 0.6 is 12.2 Å². The van der Waals surface area contributed by atoms with Gasteiger partial charge in [0.25, 0.3) is 0 Å². The monoisotopic (exact) mass is 254 g/mol. The molecule has 0 aliphatic heterocycles. The Morgan fingerprint density at radius 1 is 1.47 bits per heavy atom. The molecule has 0 amide bonds. The summed E-state index contributed by atoms with van der Waals surface area (Å²) in [6.07, 6.45) is 6.49. The normalized spacial score (nSPS) is 19.0. The van der Waals surface area contributed by atoms with E-state index in [0.29, 0.717) is 16.1 Å². The molecule has 5 heteroatoms. The predicted octanol–water partition coefficient (Wildman–Crippen LogP) is 3.13. The summed E-state index contributed by atoms with van der Waals surface area (Å²) in [7, 11) is 0. The van der Waals surface area contributed by atoms with Gasteiger partial charge in [0.15, 0.2) is 4.77 Å². The number of H-pyrrole nitrogens is 1. The zero-order chi connectivity index (χ0) is 12.5. The van der Waals surface area contributed by atoms with Crippen LogP contribution in [-0.2, 0) is 6.54 Å². The second kappa shape index (κ2) is 4.80. The molecule has 1 aromatic rings. The van der Waals surface area contributed by atoms with Gasteiger partial charge in [-0.25, -0.2) is 5.10 Å². The maximum Gasteiger partial charge on any atom is 0.220 e. The van der Waals surface area contributed by atoms with Gasteiger partial charge in [-0.05, 0) is 42.8 Å². The maximum atomic E-state index is 5.86. The van der Waals surface area contributed by atoms with Crippen LogP contribution in [0.25, 0.3) is 0 Å². The Morgan fingerprint density at radius 2 is 2.12 bits per heavy atom. The van der Waals surface area contributed by atoms with E-state index in [4.69, 9.17) is 18.0 Å². The summed E-state index contributed by atoms with van der Waals surface area (Å²) in [5.41, 5.74) is 6.24. The van der Waals surface area contributed by atoms with E-state index in [1.807, 2.05) is 4.57 Å². The van der Waals surface area contributed by atoms with Gasteiger partial charge in [-0.2, -0.15) is 0 Å². The minimum absolute atomic E-state index is 0.379. The Kier molecular flexibility index (Phi) is 3.56. The number of nitrogen functional groups attached to an aromatic ring is 1. The summed E-state index contributed by atoms with van der Waals surface area (Å²) in [4.78, 5) is 0. The molecular formula is C12H22N4S. The molecule has 0 aromatic carbocycles. The molecule has 17 heavy (non-hydrogen) atoms. The molecule has 1 fully saturated rings. The SMILES string of the molecule is CC(C)CC1(Cn2c(N)n[nH]c2=S)CCCC1. The van der Waals surface area contributed by atoms with Gasteiger partial charge in [0, 0.05) is 6.54 Å². The van der Waals surface area contributed by atoms with E-state index in [0.717, 1.165) is 12.5 Å². The molecule has 0 bridgehead atoms. The minimum Gasteiger partial charge on any atom is -0.368 e. The van der Waals surface area contributed by atoms with E-state index in [9.17, 15) is 0 Å². The quantitative estimate of drug-likeness (QED) is 0.812. The molecule has 96 valence electrons. The molecule has 2 rings (SSSR count). The standard InChI is InChI=1S/C12H22N4S/c1-9(2)7-12(5-3-4-6-12)8-16-10(13)14-15-11(16)17/h9H,3-8H2,1-2H3,(H2,13,14)(H,15,17). The zero-order valence-corrected chi connectivity index (χ0v) is 11.5. The van der Waals surface area contributed by atoms with Crippen LogP contribution in [0.2, 0.25) is 0 Å². The average molecular weight is 254 g/mol. The van der Waals surface area contributed by atoms with Crippen molar-refractivity contribution in [1.82, 2.24) is 14.8 Å². The van der Waals surface area contributed by atoms with Crippen LogP contribution in [0.4, 0.5) is 5.95 Å². The molecule has 4 nitrogen and oxygen atoms in total. The summed E-state index contributed by atoms with van der Waals surface area (Å²) in [5.74, 6) is 1.24. The van der Waals surface area contributed by atoms with Crippen LogP contribution in [0, 0.1) is 16.1 Å². The van der Waals surface area contributed by atoms with Crippen molar-refractivity contribution >= 4 is 18.2 Å². The molecule has 0 atom stereocenters. The Balaban J connectivity index is 2.21. The van der Waals surface area contributed by atoms with Crippen LogP contribution in [-0.4, -0.2) is 14.8 Å². The highest BCUT2D eigenvalue weighted by atomic mass is 32.1. The van der Waals surface area contributed by atoms with Gasteiger partial charge < -0.3 is 5.73 Å². The van der Waals surface area contributed by atoms with E-state index in [2.05, 4.69) is 24.0 Å². The van der Waals surface area contributed by atoms with Crippen molar-refractivity contribution < 1.29 is 0 Å². The fourth-order valence-corrected chi connectivity index (χ4v) is 3.44. The number of rotatable bonds is 4. The number of nitrogens with two attached hydrogens (primary N) is 1. The third kappa shape index (κ3) is 2.70. The van der Waals surface area contributed by atoms with E-state index in [1.165, 1.54) is 32.1 Å². The van der Waals surface area contributed by atoms with Gasteiger partial charge in [0.1, 0.15) is 0 Å². The molecule has 1 saturated carbocycles. The summed E-state index contributed by atoms with van der Waals surface area (Å²) < 4.78 is 2.61. The molecule has 1 aliphatic rings. The Hall–Kier alpha value is -0.840. The first kappa shape index (κ1) is 12.6. The van der Waals surface area contributed by atoms with Gasteiger partial charge in [-0.15, -0.1) is 5.10 Å². The molecule has 0 spiro atoms. The van der Waals surface area contributed by atoms with Crippen LogP contribution in [0.3, 0.4) is 0 Å². The zero-order valence-electron chi connectivity index (χ0n) is 10.7. The van der Waals surface area contributed by atoms with Gasteiger partial charge in [0.2, 0.25) is 5.95 Å². The molecule has 0 unspecified atom stereocenters. The third-order valence-corrected chi connectivity index (χ3v) is 4.10. The lowest BCUT2D eigenvalue weighted by Gasteiger charge is -2.31. The van der Waals surface area contributed by atoms with Gasteiger partial charge >= 0.3 is 0 Å². The van der Waals surface area contributed by atoms with Crippen molar-refractivity contribution in [1.29, 1.82) is 0 Å². The lowest BCUT2D eigenvalue weighted by atomic mass is 9.78. The Labute approximate surface area is 108 Å². The fourth-order valence-electron chi connectivity index (χ4n) is 3.24. The largest absolute Gasteiger partial charge is 0.368 e. The van der Waals surface area contributed by atoms with Gasteiger partial charge in [0.05, 0.1) is 0 Å². The highest BCUT2D eigenvalue weighted by Gasteiger charge is 2.35. The molecular weight excluding hydrogens is 232 g/mol. The van der Waals surface area contributed by atoms with Crippen molar-refractivity contribution in [3.8, 4) is 0 Å². The van der Waals surface area contributed by atoms with E-state index in [-0.39, 0.29) is 0 Å². The number of hydrogen-bond acceptors (Lipinski definition) is 3. The number of hydrogen-bond donors (Lipinski definition) is 2. The maximum absolute atomic E-state index is 5.86. The molecule has 1 aliphatic carbocycles. The molecule has 0 radical (unpaired) electrons. The molecule has 1 heterocycles. The van der Waals surface area contributed by atoms with Gasteiger partial charge in [-0.1, -0.05) is 26.7 Å². The molecule has 1 aromatic heterocycles. The van der Waals surface area contributed by atoms with E-state index in [1.54, 1.807) is 0 Å². The second-order valence-electron chi connectivity index (χ2n) is 5.78. The summed E-state index contributed by atoms with van der Waals surface area (Å²) >= 11 is 5.24. The van der Waals surface area contributed by atoms with E-state index < -0.39 is 0 Å². The highest BCUT2D eigenvalue weighted by Crippen LogP contribution is 2.44. The highest BCUT2D eigenvalue weighted by molar-refractivity contribution is 7.71. The lowest BCUT2D eigenvalue weighted by molar-refractivity contribution is 0.197. The number of nitrogens with one attached hydrogen (secondary N) is 1. The third-order valence-electron chi connectivity index (χ3n) is 3.79. The Morgan fingerprint density at radius 3 is 2.59 bits per heavy atom. The van der Waals surface area contributed by atoms with Crippen LogP contribution in [0.1, 0.15) is 46.0 Å². The van der Waals surface area contributed by atoms with E-state index >= 15 is 0 Å². The first-order valence-electron chi connectivity index (χ1n) is 6.43. The summed E-state index contributed by atoms with van der Waals surface area (Å²) in [5, 5.41) is 6.76. The first-order valence-corrected chi connectivity index (χ1v) is 6.84. The molecule has 3 N–H and O–H groups in total. The number of aromatic nitrogens is 3. The lowest BCUT2D eigenvalue weighted by Crippen LogP contribution is -2.26. The van der Waals surface area contributed by atoms with Gasteiger partial charge in [-0.3, -0.25) is 4.57 Å².